The number of anilines is 1. The Kier molecular flexibility index (Phi) is 4.72. The van der Waals surface area contributed by atoms with E-state index in [1.165, 1.54) is 7.11 Å². The van der Waals surface area contributed by atoms with Crippen LogP contribution in [0.2, 0.25) is 5.02 Å². The van der Waals surface area contributed by atoms with Gasteiger partial charge in [0.05, 0.1) is 25.3 Å². The van der Waals surface area contributed by atoms with Gasteiger partial charge in [-0.05, 0) is 43.9 Å². The lowest BCUT2D eigenvalue weighted by Crippen LogP contribution is -2.24. The van der Waals surface area contributed by atoms with Crippen LogP contribution in [-0.4, -0.2) is 29.8 Å². The number of esters is 1. The van der Waals surface area contributed by atoms with E-state index < -0.39 is 0 Å². The molecule has 1 unspecified atom stereocenters. The predicted molar refractivity (Wildman–Crippen MR) is 94.3 cm³/mol. The summed E-state index contributed by atoms with van der Waals surface area (Å²) >= 11 is 5.99. The second-order valence-corrected chi connectivity index (χ2v) is 7.11. The fourth-order valence-corrected chi connectivity index (χ4v) is 3.73. The molecule has 138 valence electrons. The van der Waals surface area contributed by atoms with Crippen LogP contribution in [0.3, 0.4) is 0 Å². The number of aromatic nitrogens is 2. The summed E-state index contributed by atoms with van der Waals surface area (Å²) < 4.78 is 16.7. The maximum absolute atomic E-state index is 11.6. The first kappa shape index (κ1) is 17.1. The zero-order valence-corrected chi connectivity index (χ0v) is 15.2. The van der Waals surface area contributed by atoms with Crippen molar-refractivity contribution in [3.05, 3.63) is 35.0 Å². The number of halogens is 1. The first-order valence-electron chi connectivity index (χ1n) is 8.75. The van der Waals surface area contributed by atoms with Gasteiger partial charge in [-0.3, -0.25) is 4.79 Å². The average Bonchev–Trinajstić information content (AvgIpc) is 3.17. The number of nitrogens with one attached hydrogen (secondary N) is 1. The van der Waals surface area contributed by atoms with Crippen LogP contribution in [0.1, 0.15) is 49.5 Å². The van der Waals surface area contributed by atoms with E-state index >= 15 is 0 Å². The quantitative estimate of drug-likeness (QED) is 0.815. The molecule has 0 spiro atoms. The Bertz CT molecular complexity index is 801. The van der Waals surface area contributed by atoms with Gasteiger partial charge in [0, 0.05) is 10.9 Å². The second kappa shape index (κ2) is 7.15. The highest BCUT2D eigenvalue weighted by Gasteiger charge is 2.32. The smallest absolute Gasteiger partial charge is 0.308 e. The minimum Gasteiger partial charge on any atom is -0.477 e. The normalized spacial score (nSPS) is 24.9. The average molecular weight is 378 g/mol. The first-order chi connectivity index (χ1) is 12.6. The monoisotopic (exact) mass is 377 g/mol. The fraction of sp³-hybridized carbons (Fsp3) is 0.500. The molecule has 0 bridgehead atoms. The number of fused-ring (bicyclic) bond motifs is 1. The van der Waals surface area contributed by atoms with E-state index in [9.17, 15) is 4.79 Å². The number of hydrogen-bond donors (Lipinski definition) is 1. The highest BCUT2D eigenvalue weighted by molar-refractivity contribution is 6.30. The van der Waals surface area contributed by atoms with E-state index in [1.54, 1.807) is 6.07 Å². The Balaban J connectivity index is 1.41. The molecule has 1 N–H and O–H groups in total. The summed E-state index contributed by atoms with van der Waals surface area (Å²) in [5.74, 6) is 1.82. The van der Waals surface area contributed by atoms with Crippen molar-refractivity contribution in [1.29, 1.82) is 0 Å². The van der Waals surface area contributed by atoms with Crippen molar-refractivity contribution in [1.82, 2.24) is 10.2 Å². The summed E-state index contributed by atoms with van der Waals surface area (Å²) in [7, 11) is 1.43. The number of benzene rings is 1. The third-order valence-electron chi connectivity index (χ3n) is 5.03. The number of hydrogen-bond acceptors (Lipinski definition) is 7. The van der Waals surface area contributed by atoms with Crippen molar-refractivity contribution in [2.45, 2.75) is 37.7 Å². The largest absolute Gasteiger partial charge is 0.477 e. The zero-order chi connectivity index (χ0) is 18.1. The van der Waals surface area contributed by atoms with Gasteiger partial charge in [0.2, 0.25) is 5.89 Å². The maximum Gasteiger partial charge on any atom is 0.308 e. The van der Waals surface area contributed by atoms with Crippen LogP contribution >= 0.6 is 11.6 Å². The van der Waals surface area contributed by atoms with E-state index in [0.29, 0.717) is 29.1 Å². The van der Waals surface area contributed by atoms with Crippen LogP contribution in [0.4, 0.5) is 5.69 Å². The Hall–Kier alpha value is -2.28. The molecule has 1 aliphatic carbocycles. The molecule has 1 atom stereocenters. The highest BCUT2D eigenvalue weighted by atomic mass is 35.5. The summed E-state index contributed by atoms with van der Waals surface area (Å²) in [5.41, 5.74) is 0.856. The van der Waals surface area contributed by atoms with E-state index in [1.807, 2.05) is 12.1 Å². The Morgan fingerprint density at radius 3 is 2.77 bits per heavy atom. The molecule has 7 nitrogen and oxygen atoms in total. The minimum atomic E-state index is -0.337. The van der Waals surface area contributed by atoms with Crippen LogP contribution < -0.4 is 10.1 Å². The van der Waals surface area contributed by atoms with Gasteiger partial charge >= 0.3 is 5.97 Å². The van der Waals surface area contributed by atoms with Crippen LogP contribution in [0, 0.1) is 5.92 Å². The lowest BCUT2D eigenvalue weighted by atomic mass is 9.82. The molecule has 26 heavy (non-hydrogen) atoms. The van der Waals surface area contributed by atoms with Crippen molar-refractivity contribution in [2.24, 2.45) is 5.92 Å². The topological polar surface area (TPSA) is 86.5 Å². The van der Waals surface area contributed by atoms with Crippen molar-refractivity contribution in [2.75, 3.05) is 19.0 Å². The van der Waals surface area contributed by atoms with Gasteiger partial charge in [0.1, 0.15) is 5.75 Å². The van der Waals surface area contributed by atoms with Crippen LogP contribution in [0.5, 0.6) is 5.75 Å². The number of ether oxygens (including phenoxy) is 2. The molecule has 1 fully saturated rings. The van der Waals surface area contributed by atoms with Crippen LogP contribution in [0.15, 0.2) is 22.6 Å². The van der Waals surface area contributed by atoms with Gasteiger partial charge < -0.3 is 19.2 Å². The SMILES string of the molecule is COC(=O)[C@H]1CC[C@H](c2nnc(C3CNc4cc(Cl)ccc4O3)o2)CC1. The highest BCUT2D eigenvalue weighted by Crippen LogP contribution is 2.38. The van der Waals surface area contributed by atoms with Crippen LogP contribution in [0.25, 0.3) is 0 Å². The molecule has 0 amide bonds. The molecule has 2 aromatic rings. The third kappa shape index (κ3) is 3.35. The van der Waals surface area contributed by atoms with E-state index in [4.69, 9.17) is 25.5 Å². The minimum absolute atomic E-state index is 0.0205. The van der Waals surface area contributed by atoms with Gasteiger partial charge in [-0.15, -0.1) is 10.2 Å². The van der Waals surface area contributed by atoms with Crippen molar-refractivity contribution < 1.29 is 18.7 Å². The Morgan fingerprint density at radius 2 is 2.00 bits per heavy atom. The molecule has 8 heteroatoms. The summed E-state index contributed by atoms with van der Waals surface area (Å²) in [4.78, 5) is 11.6. The summed E-state index contributed by atoms with van der Waals surface area (Å²) in [6.07, 6.45) is 2.91. The van der Waals surface area contributed by atoms with Crippen molar-refractivity contribution in [3.63, 3.8) is 0 Å². The summed E-state index contributed by atoms with van der Waals surface area (Å²) in [6.45, 7) is 0.532. The molecule has 2 aliphatic rings. The van der Waals surface area contributed by atoms with Gasteiger partial charge in [0.25, 0.3) is 5.89 Å². The van der Waals surface area contributed by atoms with Crippen LogP contribution in [-0.2, 0) is 9.53 Å². The number of carbonyl (C=O) groups excluding carboxylic acids is 1. The van der Waals surface area contributed by atoms with Crippen molar-refractivity contribution in [3.8, 4) is 5.75 Å². The molecule has 0 radical (unpaired) electrons. The molecular weight excluding hydrogens is 358 g/mol. The fourth-order valence-electron chi connectivity index (χ4n) is 3.56. The van der Waals surface area contributed by atoms with E-state index in [0.717, 1.165) is 31.4 Å². The second-order valence-electron chi connectivity index (χ2n) is 6.68. The first-order valence-corrected chi connectivity index (χ1v) is 9.13. The molecule has 1 aromatic carbocycles. The summed E-state index contributed by atoms with van der Waals surface area (Å²) in [5, 5.41) is 12.3. The molecule has 4 rings (SSSR count). The third-order valence-corrected chi connectivity index (χ3v) is 5.27. The van der Waals surface area contributed by atoms with E-state index in [2.05, 4.69) is 15.5 Å². The van der Waals surface area contributed by atoms with E-state index in [-0.39, 0.29) is 23.9 Å². The molecular formula is C18H20ClN3O4. The Labute approximate surface area is 156 Å². The predicted octanol–water partition coefficient (Wildman–Crippen LogP) is 3.72. The lowest BCUT2D eigenvalue weighted by molar-refractivity contribution is -0.146. The summed E-state index contributed by atoms with van der Waals surface area (Å²) in [6, 6.07) is 5.43. The molecule has 2 heterocycles. The number of nitrogens with zero attached hydrogens (tertiary/aromatic N) is 2. The number of methoxy groups -OCH3 is 1. The lowest BCUT2D eigenvalue weighted by Gasteiger charge is -2.25. The number of rotatable bonds is 3. The number of carbonyl (C=O) groups is 1. The van der Waals surface area contributed by atoms with Gasteiger partial charge in [0.15, 0.2) is 6.10 Å². The zero-order valence-electron chi connectivity index (χ0n) is 14.4. The van der Waals surface area contributed by atoms with Gasteiger partial charge in [-0.25, -0.2) is 0 Å². The van der Waals surface area contributed by atoms with Crippen molar-refractivity contribution >= 4 is 23.3 Å². The van der Waals surface area contributed by atoms with Gasteiger partial charge in [-0.2, -0.15) is 0 Å². The molecule has 1 aromatic heterocycles. The molecule has 0 saturated heterocycles. The maximum atomic E-state index is 11.6. The Morgan fingerprint density at radius 1 is 1.23 bits per heavy atom. The molecule has 1 saturated carbocycles. The van der Waals surface area contributed by atoms with Gasteiger partial charge in [-0.1, -0.05) is 11.6 Å². The molecule has 1 aliphatic heterocycles. The standard InChI is InChI=1S/C18H20ClN3O4/c1-24-18(23)11-4-2-10(3-5-11)16-21-22-17(26-16)15-9-20-13-8-12(19)6-7-14(13)25-15/h6-8,10-11,15,20H,2-5,9H2,1H3/t10-,11-,15?.